The molecule has 2 N–H and O–H groups in total. The van der Waals surface area contributed by atoms with Gasteiger partial charge in [-0.05, 0) is 49.1 Å². The average molecular weight is 263 g/mol. The monoisotopic (exact) mass is 263 g/mol. The van der Waals surface area contributed by atoms with Gasteiger partial charge in [-0.25, -0.2) is 0 Å². The zero-order valence-electron chi connectivity index (χ0n) is 12.5. The van der Waals surface area contributed by atoms with E-state index in [0.29, 0.717) is 11.8 Å². The number of aryl methyl sites for hydroxylation is 1. The van der Waals surface area contributed by atoms with Crippen LogP contribution in [0, 0.1) is 11.8 Å². The van der Waals surface area contributed by atoms with Gasteiger partial charge in [-0.2, -0.15) is 5.10 Å². The quantitative estimate of drug-likeness (QED) is 0.853. The average Bonchev–Trinajstić information content (AvgIpc) is 2.88. The number of rotatable bonds is 6. The molecular weight excluding hydrogens is 234 g/mol. The topological polar surface area (TPSA) is 43.8 Å². The highest BCUT2D eigenvalue weighted by molar-refractivity contribution is 5.14. The van der Waals surface area contributed by atoms with Gasteiger partial charge in [-0.15, -0.1) is 0 Å². The highest BCUT2D eigenvalue weighted by Crippen LogP contribution is 2.41. The fourth-order valence-electron chi connectivity index (χ4n) is 3.60. The first-order valence-corrected chi connectivity index (χ1v) is 8.00. The molecule has 2 rings (SSSR count). The molecule has 3 nitrogen and oxygen atoms in total. The van der Waals surface area contributed by atoms with Gasteiger partial charge in [0.05, 0.1) is 6.20 Å². The summed E-state index contributed by atoms with van der Waals surface area (Å²) in [5.74, 6) is 2.20. The molecule has 1 saturated carbocycles. The molecule has 0 amide bonds. The summed E-state index contributed by atoms with van der Waals surface area (Å²) in [7, 11) is 0. The van der Waals surface area contributed by atoms with Crippen molar-refractivity contribution in [2.75, 3.05) is 6.54 Å². The zero-order valence-corrected chi connectivity index (χ0v) is 12.5. The molecule has 1 fully saturated rings. The highest BCUT2D eigenvalue weighted by atomic mass is 15.3. The van der Waals surface area contributed by atoms with Crippen LogP contribution in [0.25, 0.3) is 0 Å². The van der Waals surface area contributed by atoms with Gasteiger partial charge in [-0.1, -0.05) is 33.1 Å². The number of nitrogens with two attached hydrogens (primary N) is 1. The Bertz CT molecular complexity index is 372. The molecule has 1 aromatic rings. The minimum Gasteiger partial charge on any atom is -0.330 e. The largest absolute Gasteiger partial charge is 0.330 e. The standard InChI is InChI=1S/C16H29N3/c1-3-5-13-6-7-14(10-17)16(9-13)15-11-18-19(12-15)8-4-2/h11-14,16H,3-10,17H2,1-2H3. The smallest absolute Gasteiger partial charge is 0.0524 e. The van der Waals surface area contributed by atoms with Crippen molar-refractivity contribution >= 4 is 0 Å². The molecule has 0 spiro atoms. The summed E-state index contributed by atoms with van der Waals surface area (Å²) >= 11 is 0. The molecule has 1 heterocycles. The molecule has 108 valence electrons. The predicted octanol–water partition coefficient (Wildman–Crippen LogP) is 3.55. The Morgan fingerprint density at radius 1 is 1.32 bits per heavy atom. The van der Waals surface area contributed by atoms with E-state index >= 15 is 0 Å². The summed E-state index contributed by atoms with van der Waals surface area (Å²) in [5.41, 5.74) is 7.41. The second kappa shape index (κ2) is 7.09. The maximum atomic E-state index is 5.99. The summed E-state index contributed by atoms with van der Waals surface area (Å²) in [6.07, 6.45) is 12.1. The molecule has 0 saturated heterocycles. The first kappa shape index (κ1) is 14.6. The molecule has 0 bridgehead atoms. The van der Waals surface area contributed by atoms with Crippen LogP contribution in [-0.2, 0) is 6.54 Å². The van der Waals surface area contributed by atoms with E-state index < -0.39 is 0 Å². The van der Waals surface area contributed by atoms with Crippen LogP contribution in [0.15, 0.2) is 12.4 Å². The summed E-state index contributed by atoms with van der Waals surface area (Å²) in [6.45, 7) is 6.34. The van der Waals surface area contributed by atoms with Crippen LogP contribution in [0.4, 0.5) is 0 Å². The van der Waals surface area contributed by atoms with Gasteiger partial charge in [0.2, 0.25) is 0 Å². The number of aromatic nitrogens is 2. The van der Waals surface area contributed by atoms with E-state index in [-0.39, 0.29) is 0 Å². The van der Waals surface area contributed by atoms with Crippen molar-refractivity contribution in [2.24, 2.45) is 17.6 Å². The number of nitrogens with zero attached hydrogens (tertiary/aromatic N) is 2. The maximum Gasteiger partial charge on any atom is 0.0524 e. The van der Waals surface area contributed by atoms with Crippen LogP contribution in [0.1, 0.15) is 63.9 Å². The molecule has 0 aliphatic heterocycles. The van der Waals surface area contributed by atoms with Crippen molar-refractivity contribution in [3.63, 3.8) is 0 Å². The van der Waals surface area contributed by atoms with Gasteiger partial charge >= 0.3 is 0 Å². The number of hydrogen-bond acceptors (Lipinski definition) is 2. The first-order valence-electron chi connectivity index (χ1n) is 8.00. The van der Waals surface area contributed by atoms with Crippen LogP contribution >= 0.6 is 0 Å². The third-order valence-corrected chi connectivity index (χ3v) is 4.64. The lowest BCUT2D eigenvalue weighted by molar-refractivity contribution is 0.230. The number of hydrogen-bond donors (Lipinski definition) is 1. The van der Waals surface area contributed by atoms with E-state index in [1.165, 1.54) is 37.7 Å². The lowest BCUT2D eigenvalue weighted by Crippen LogP contribution is -2.28. The van der Waals surface area contributed by atoms with Crippen molar-refractivity contribution < 1.29 is 0 Å². The Hall–Kier alpha value is -0.830. The van der Waals surface area contributed by atoms with Crippen LogP contribution in [0.5, 0.6) is 0 Å². The Balaban J connectivity index is 2.07. The van der Waals surface area contributed by atoms with Gasteiger partial charge in [0.25, 0.3) is 0 Å². The minimum atomic E-state index is 0.640. The van der Waals surface area contributed by atoms with Gasteiger partial charge in [0, 0.05) is 12.7 Å². The third kappa shape index (κ3) is 3.59. The fraction of sp³-hybridized carbons (Fsp3) is 0.812. The fourth-order valence-corrected chi connectivity index (χ4v) is 3.60. The molecule has 0 aromatic carbocycles. The molecule has 1 aliphatic carbocycles. The second-order valence-electron chi connectivity index (χ2n) is 6.11. The Kier molecular flexibility index (Phi) is 5.44. The van der Waals surface area contributed by atoms with Crippen molar-refractivity contribution in [1.82, 2.24) is 9.78 Å². The predicted molar refractivity (Wildman–Crippen MR) is 80.1 cm³/mol. The van der Waals surface area contributed by atoms with Gasteiger partial charge in [0.15, 0.2) is 0 Å². The van der Waals surface area contributed by atoms with E-state index in [9.17, 15) is 0 Å². The normalized spacial score (nSPS) is 27.6. The summed E-state index contributed by atoms with van der Waals surface area (Å²) in [6, 6.07) is 0. The van der Waals surface area contributed by atoms with Crippen LogP contribution < -0.4 is 5.73 Å². The highest BCUT2D eigenvalue weighted by Gasteiger charge is 2.31. The SMILES string of the molecule is CCCC1CCC(CN)C(c2cnn(CCC)c2)C1. The van der Waals surface area contributed by atoms with E-state index in [0.717, 1.165) is 25.4 Å². The Morgan fingerprint density at radius 3 is 2.84 bits per heavy atom. The van der Waals surface area contributed by atoms with Crippen LogP contribution in [0.2, 0.25) is 0 Å². The lowest BCUT2D eigenvalue weighted by Gasteiger charge is -2.35. The van der Waals surface area contributed by atoms with Crippen molar-refractivity contribution in [2.45, 2.75) is 64.8 Å². The van der Waals surface area contributed by atoms with Gasteiger partial charge in [0.1, 0.15) is 0 Å². The van der Waals surface area contributed by atoms with Crippen molar-refractivity contribution in [3.8, 4) is 0 Å². The molecule has 3 heteroatoms. The lowest BCUT2D eigenvalue weighted by atomic mass is 9.70. The Labute approximate surface area is 117 Å². The second-order valence-corrected chi connectivity index (χ2v) is 6.11. The van der Waals surface area contributed by atoms with Gasteiger partial charge < -0.3 is 5.73 Å². The maximum absolute atomic E-state index is 5.99. The molecule has 19 heavy (non-hydrogen) atoms. The van der Waals surface area contributed by atoms with E-state index in [4.69, 9.17) is 5.73 Å². The molecule has 3 unspecified atom stereocenters. The summed E-state index contributed by atoms with van der Waals surface area (Å²) in [5, 5.41) is 4.50. The van der Waals surface area contributed by atoms with E-state index in [1.807, 2.05) is 0 Å². The third-order valence-electron chi connectivity index (χ3n) is 4.64. The molecule has 1 aliphatic rings. The van der Waals surface area contributed by atoms with Crippen LogP contribution in [-0.4, -0.2) is 16.3 Å². The van der Waals surface area contributed by atoms with Crippen molar-refractivity contribution in [3.05, 3.63) is 18.0 Å². The summed E-state index contributed by atoms with van der Waals surface area (Å²) in [4.78, 5) is 0. The van der Waals surface area contributed by atoms with Crippen molar-refractivity contribution in [1.29, 1.82) is 0 Å². The first-order chi connectivity index (χ1) is 9.28. The molecule has 3 atom stereocenters. The summed E-state index contributed by atoms with van der Waals surface area (Å²) < 4.78 is 2.09. The van der Waals surface area contributed by atoms with E-state index in [2.05, 4.69) is 36.0 Å². The molecule has 0 radical (unpaired) electrons. The minimum absolute atomic E-state index is 0.640. The Morgan fingerprint density at radius 2 is 2.16 bits per heavy atom. The van der Waals surface area contributed by atoms with Crippen LogP contribution in [0.3, 0.4) is 0 Å². The van der Waals surface area contributed by atoms with Gasteiger partial charge in [-0.3, -0.25) is 4.68 Å². The van der Waals surface area contributed by atoms with E-state index in [1.54, 1.807) is 0 Å². The molecular formula is C16H29N3. The zero-order chi connectivity index (χ0) is 13.7. The molecule has 1 aromatic heterocycles.